The van der Waals surface area contributed by atoms with Gasteiger partial charge >= 0.3 is 12.2 Å². The number of aldehydes is 1. The van der Waals surface area contributed by atoms with Crippen LogP contribution in [0.1, 0.15) is 121 Å². The van der Waals surface area contributed by atoms with Gasteiger partial charge in [0.25, 0.3) is 12.4 Å². The van der Waals surface area contributed by atoms with E-state index in [9.17, 15) is 28.8 Å². The summed E-state index contributed by atoms with van der Waals surface area (Å²) in [6.07, 6.45) is 2.81. The largest absolute Gasteiger partial charge is 0.462 e. The van der Waals surface area contributed by atoms with Crippen molar-refractivity contribution in [3.05, 3.63) is 101 Å². The van der Waals surface area contributed by atoms with E-state index in [1.807, 2.05) is 89.9 Å². The molecule has 3 aromatic rings. The summed E-state index contributed by atoms with van der Waals surface area (Å²) in [5.74, 6) is 0.324. The number of methoxy groups -OCH3 is 1. The van der Waals surface area contributed by atoms with Crippen LogP contribution in [0.5, 0.6) is 0 Å². The minimum atomic E-state index is -0.629. The third-order valence-corrected chi connectivity index (χ3v) is 9.08. The van der Waals surface area contributed by atoms with Crippen LogP contribution in [0.15, 0.2) is 88.9 Å². The van der Waals surface area contributed by atoms with Crippen molar-refractivity contribution in [3.8, 4) is 0 Å². The molecule has 3 aromatic carbocycles. The molecule has 0 atom stereocenters. The molecule has 4 amide bonds. The van der Waals surface area contributed by atoms with Gasteiger partial charge in [-0.25, -0.2) is 9.59 Å². The third-order valence-electron chi connectivity index (χ3n) is 9.08. The highest BCUT2D eigenvalue weighted by Crippen LogP contribution is 2.24. The number of amides is 4. The molecule has 0 bridgehead atoms. The maximum atomic E-state index is 12.6. The van der Waals surface area contributed by atoms with Gasteiger partial charge in [0.2, 0.25) is 18.3 Å². The van der Waals surface area contributed by atoms with E-state index in [1.165, 1.54) is 10.5 Å². The van der Waals surface area contributed by atoms with E-state index in [0.29, 0.717) is 49.6 Å². The van der Waals surface area contributed by atoms with Gasteiger partial charge in [0.05, 0.1) is 5.60 Å². The number of aliphatic imine (C=N–C) groups is 2. The molecule has 0 saturated heterocycles. The predicted molar refractivity (Wildman–Crippen MR) is 277 cm³/mol. The molecule has 0 radical (unpaired) electrons. The zero-order valence-corrected chi connectivity index (χ0v) is 43.9. The summed E-state index contributed by atoms with van der Waals surface area (Å²) in [4.78, 5) is 78.8. The fraction of sp³-hybridized carbons (Fsp3) is 0.462. The number of nitrogens with one attached hydrogen (secondary N) is 4. The Morgan fingerprint density at radius 2 is 1.29 bits per heavy atom. The molecule has 0 fully saturated rings. The monoisotopic (exact) mass is 973 g/mol. The molecule has 70 heavy (non-hydrogen) atoms. The Kier molecular flexibility index (Phi) is 25.3. The molecule has 1 aliphatic rings. The highest BCUT2D eigenvalue weighted by molar-refractivity contribution is 6.06. The van der Waals surface area contributed by atoms with Crippen molar-refractivity contribution < 1.29 is 47.7 Å². The molecule has 0 saturated carbocycles. The lowest BCUT2D eigenvalue weighted by Gasteiger charge is -2.29. The van der Waals surface area contributed by atoms with Crippen molar-refractivity contribution in [1.29, 1.82) is 0 Å². The van der Waals surface area contributed by atoms with Crippen LogP contribution in [0.3, 0.4) is 0 Å². The first-order valence-corrected chi connectivity index (χ1v) is 22.6. The summed E-state index contributed by atoms with van der Waals surface area (Å²) in [5.41, 5.74) is 4.64. The van der Waals surface area contributed by atoms with Gasteiger partial charge in [-0.05, 0) is 143 Å². The van der Waals surface area contributed by atoms with Crippen LogP contribution in [-0.2, 0) is 35.1 Å². The number of benzene rings is 3. The van der Waals surface area contributed by atoms with Gasteiger partial charge in [0.1, 0.15) is 23.1 Å². The van der Waals surface area contributed by atoms with Gasteiger partial charge in [-0.1, -0.05) is 42.5 Å². The van der Waals surface area contributed by atoms with Crippen LogP contribution in [0.2, 0.25) is 0 Å². The molecular weight excluding hydrogens is 897 g/mol. The Labute approximate surface area is 414 Å². The van der Waals surface area contributed by atoms with E-state index >= 15 is 0 Å². The molecule has 4 N–H and O–H groups in total. The van der Waals surface area contributed by atoms with E-state index in [2.05, 4.69) is 54.2 Å². The van der Waals surface area contributed by atoms with Crippen LogP contribution in [-0.4, -0.2) is 118 Å². The minimum Gasteiger partial charge on any atom is -0.462 e. The molecule has 1 aliphatic heterocycles. The number of ether oxygens (including phenoxy) is 4. The fourth-order valence-electron chi connectivity index (χ4n) is 5.37. The van der Waals surface area contributed by atoms with Crippen molar-refractivity contribution in [2.75, 3.05) is 51.6 Å². The third kappa shape index (κ3) is 25.9. The molecule has 0 spiro atoms. The zero-order chi connectivity index (χ0) is 53.3. The van der Waals surface area contributed by atoms with Gasteiger partial charge in [0, 0.05) is 70.4 Å². The summed E-state index contributed by atoms with van der Waals surface area (Å²) in [6.45, 7) is 24.3. The quantitative estimate of drug-likeness (QED) is 0.0684. The van der Waals surface area contributed by atoms with Gasteiger partial charge in [-0.3, -0.25) is 34.8 Å². The summed E-state index contributed by atoms with van der Waals surface area (Å²) in [7, 11) is 6.85. The second kappa shape index (κ2) is 29.1. The Hall–Kier alpha value is -7.08. The van der Waals surface area contributed by atoms with Crippen molar-refractivity contribution in [1.82, 2.24) is 20.9 Å². The topological polar surface area (TPSA) is 219 Å². The van der Waals surface area contributed by atoms with Crippen LogP contribution in [0, 0.1) is 0 Å². The van der Waals surface area contributed by atoms with Gasteiger partial charge in [0.15, 0.2) is 0 Å². The zero-order valence-electron chi connectivity index (χ0n) is 43.9. The van der Waals surface area contributed by atoms with E-state index < -0.39 is 23.4 Å². The molecule has 4 rings (SSSR count). The van der Waals surface area contributed by atoms with E-state index in [0.717, 1.165) is 35.2 Å². The van der Waals surface area contributed by atoms with Crippen LogP contribution < -0.4 is 26.2 Å². The number of hydrogen-bond acceptors (Lipinski definition) is 12. The lowest BCUT2D eigenvalue weighted by Crippen LogP contribution is -2.47. The Bertz CT molecular complexity index is 2210. The van der Waals surface area contributed by atoms with Crippen LogP contribution >= 0.6 is 0 Å². The SMILES string of the molecule is CC(C)(C)OC=O.CN=C(NCc1ccc(N(C)C(=O)c2ccc(C=O)cc2)cc1)NC(=O)OC(C)(C)C.CNc1ccc(C2=CCN(C(=NC=O)NC(=O)OC(C)(C)C)CC2)cc1.COC(C)(C)C. The molecule has 1 heterocycles. The standard InChI is InChI=1S/C23H28N4O4.C19H26N4O3.C5H10O2.C5H12O/c1-23(2,3)31-22(30)26-21(24-4)25-14-16-8-12-19(13-9-16)27(5)20(29)18-10-6-17(15-28)7-11-18;1-19(2,3)26-18(25)22-17(21-13-24)23-11-9-15(10-12-23)14-5-7-16(20-4)8-6-14;1-5(2,3)7-4-6;1-5(2,3)6-4/h6-13,15H,14H2,1-5H3,(H2,24,25,26,30);5-9,13,20H,10-12H2,1-4H3,(H,21,22,24,25);4H,1-3H3;1-4H3. The van der Waals surface area contributed by atoms with Gasteiger partial charge in [-0.15, -0.1) is 0 Å². The normalized spacial score (nSPS) is 12.8. The van der Waals surface area contributed by atoms with E-state index in [4.69, 9.17) is 14.2 Å². The first-order chi connectivity index (χ1) is 32.6. The van der Waals surface area contributed by atoms with E-state index in [-0.39, 0.29) is 23.1 Å². The second-order valence-electron chi connectivity index (χ2n) is 19.4. The molecule has 384 valence electrons. The summed E-state index contributed by atoms with van der Waals surface area (Å²) in [6, 6.07) is 22.1. The van der Waals surface area contributed by atoms with Crippen LogP contribution in [0.4, 0.5) is 21.0 Å². The summed E-state index contributed by atoms with van der Waals surface area (Å²) < 4.78 is 19.9. The molecule has 0 unspecified atom stereocenters. The maximum Gasteiger partial charge on any atom is 0.414 e. The molecule has 0 aliphatic carbocycles. The summed E-state index contributed by atoms with van der Waals surface area (Å²) >= 11 is 0. The number of guanidine groups is 2. The van der Waals surface area contributed by atoms with Gasteiger partial charge < -0.3 is 39.4 Å². The average Bonchev–Trinajstić information content (AvgIpc) is 3.29. The minimum absolute atomic E-state index is 0.0417. The highest BCUT2D eigenvalue weighted by Gasteiger charge is 2.23. The number of rotatable bonds is 9. The fourth-order valence-corrected chi connectivity index (χ4v) is 5.37. The average molecular weight is 973 g/mol. The van der Waals surface area contributed by atoms with Crippen molar-refractivity contribution >= 4 is 66.1 Å². The van der Waals surface area contributed by atoms with Crippen molar-refractivity contribution in [3.63, 3.8) is 0 Å². The number of hydrogen-bond donors (Lipinski definition) is 4. The van der Waals surface area contributed by atoms with E-state index in [1.54, 1.807) is 87.0 Å². The Morgan fingerprint density at radius 1 is 0.743 bits per heavy atom. The number of nitrogens with zero attached hydrogens (tertiary/aromatic N) is 4. The van der Waals surface area contributed by atoms with Crippen LogP contribution in [0.25, 0.3) is 5.57 Å². The Morgan fingerprint density at radius 3 is 1.69 bits per heavy atom. The first kappa shape index (κ1) is 60.9. The number of carbonyl (C=O) groups is 6. The summed E-state index contributed by atoms with van der Waals surface area (Å²) in [5, 5.41) is 11.3. The lowest BCUT2D eigenvalue weighted by atomic mass is 9.99. The maximum absolute atomic E-state index is 12.6. The highest BCUT2D eigenvalue weighted by atomic mass is 16.6. The second-order valence-corrected chi connectivity index (χ2v) is 19.4. The molecular formula is C52H76N8O10. The molecule has 0 aromatic heterocycles. The lowest BCUT2D eigenvalue weighted by molar-refractivity contribution is -0.138. The van der Waals surface area contributed by atoms with Crippen molar-refractivity contribution in [2.45, 2.75) is 118 Å². The molecule has 18 nitrogen and oxygen atoms in total. The van der Waals surface area contributed by atoms with Gasteiger partial charge in [-0.2, -0.15) is 4.99 Å². The smallest absolute Gasteiger partial charge is 0.414 e. The molecule has 18 heteroatoms. The first-order valence-electron chi connectivity index (χ1n) is 22.6. The predicted octanol–water partition coefficient (Wildman–Crippen LogP) is 8.62. The number of alkyl carbamates (subject to hydrolysis) is 2. The number of carbonyl (C=O) groups excluding carboxylic acids is 6. The van der Waals surface area contributed by atoms with Crippen molar-refractivity contribution in [2.24, 2.45) is 9.98 Å². The number of anilines is 2. The Balaban J connectivity index is 0.000000563.